The predicted octanol–water partition coefficient (Wildman–Crippen LogP) is 7.57. The molecular formula is C33H54FN5O3. The van der Waals surface area contributed by atoms with Gasteiger partial charge in [0.2, 0.25) is 0 Å². The van der Waals surface area contributed by atoms with Gasteiger partial charge in [-0.2, -0.15) is 4.99 Å². The summed E-state index contributed by atoms with van der Waals surface area (Å²) in [4.78, 5) is 22.9. The van der Waals surface area contributed by atoms with Crippen LogP contribution in [0.15, 0.2) is 85.6 Å². The molecule has 8 nitrogen and oxygen atoms in total. The first kappa shape index (κ1) is 38.8. The number of hydrogen-bond acceptors (Lipinski definition) is 7. The van der Waals surface area contributed by atoms with Gasteiger partial charge in [0.25, 0.3) is 6.02 Å². The monoisotopic (exact) mass is 587 g/mol. The number of nitrogens with zero attached hydrogens (tertiary/aromatic N) is 4. The molecule has 0 heterocycles. The summed E-state index contributed by atoms with van der Waals surface area (Å²) in [6.07, 6.45) is 13.6. The summed E-state index contributed by atoms with van der Waals surface area (Å²) in [6, 6.07) is 0.511. The number of halogens is 1. The van der Waals surface area contributed by atoms with Gasteiger partial charge in [-0.05, 0) is 99.0 Å². The maximum atomic E-state index is 15.0. The first-order valence-electron chi connectivity index (χ1n) is 14.9. The summed E-state index contributed by atoms with van der Waals surface area (Å²) in [5.74, 6) is -0.183. The van der Waals surface area contributed by atoms with E-state index in [0.717, 1.165) is 55.6 Å². The lowest BCUT2D eigenvalue weighted by Gasteiger charge is -2.25. The van der Waals surface area contributed by atoms with Gasteiger partial charge in [0.05, 0.1) is 18.6 Å². The average Bonchev–Trinajstić information content (AvgIpc) is 2.99. The highest BCUT2D eigenvalue weighted by molar-refractivity contribution is 5.83. The molecule has 2 N–H and O–H groups in total. The molecule has 0 aromatic carbocycles. The number of unbranched alkanes of at least 4 members (excludes halogenated alkanes) is 2. The van der Waals surface area contributed by atoms with Gasteiger partial charge in [-0.15, -0.1) is 4.91 Å². The molecule has 0 aliphatic rings. The maximum absolute atomic E-state index is 15.0. The van der Waals surface area contributed by atoms with E-state index in [2.05, 4.69) is 33.9 Å². The summed E-state index contributed by atoms with van der Waals surface area (Å²) < 4.78 is 20.8. The van der Waals surface area contributed by atoms with Gasteiger partial charge in [-0.1, -0.05) is 39.0 Å². The normalized spacial score (nSPS) is 14.6. The highest BCUT2D eigenvalue weighted by atomic mass is 19.1. The molecule has 0 bridgehead atoms. The first-order chi connectivity index (χ1) is 20.3. The molecule has 236 valence electrons. The zero-order valence-electron chi connectivity index (χ0n) is 27.0. The SMILES string of the molecule is C=C\C=C(/C=C(\C=C(\C)C(/N=C(/OC)N(CCCC)CCNC)=C(/C=N\C)CC)CC/C(F)=C(\C)CCCCO)N=O. The second-order valence-electron chi connectivity index (χ2n) is 9.99. The highest BCUT2D eigenvalue weighted by Gasteiger charge is 2.15. The summed E-state index contributed by atoms with van der Waals surface area (Å²) in [5, 5.41) is 15.3. The Morgan fingerprint density at radius 2 is 1.83 bits per heavy atom. The Balaban J connectivity index is 6.87. The molecule has 0 atom stereocenters. The summed E-state index contributed by atoms with van der Waals surface area (Å²) >= 11 is 0. The van der Waals surface area contributed by atoms with E-state index in [-0.39, 0.29) is 24.6 Å². The fourth-order valence-corrected chi connectivity index (χ4v) is 4.18. The Hall–Kier alpha value is -3.17. The topological polar surface area (TPSA) is 98.9 Å². The zero-order valence-corrected chi connectivity index (χ0v) is 27.0. The lowest BCUT2D eigenvalue weighted by atomic mass is 9.99. The summed E-state index contributed by atoms with van der Waals surface area (Å²) in [5.41, 5.74) is 4.06. The third-order valence-electron chi connectivity index (χ3n) is 6.60. The van der Waals surface area contributed by atoms with Crippen molar-refractivity contribution in [2.75, 3.05) is 47.4 Å². The molecule has 0 saturated heterocycles. The molecule has 0 spiro atoms. The first-order valence-corrected chi connectivity index (χ1v) is 14.9. The third-order valence-corrected chi connectivity index (χ3v) is 6.60. The van der Waals surface area contributed by atoms with Crippen molar-refractivity contribution in [2.24, 2.45) is 15.2 Å². The van der Waals surface area contributed by atoms with E-state index < -0.39 is 0 Å². The van der Waals surface area contributed by atoms with Gasteiger partial charge in [0.15, 0.2) is 0 Å². The number of amidine groups is 1. The molecule has 0 amide bonds. The second-order valence-corrected chi connectivity index (χ2v) is 9.99. The molecule has 0 unspecified atom stereocenters. The van der Waals surface area contributed by atoms with Crippen molar-refractivity contribution in [3.63, 3.8) is 0 Å². The van der Waals surface area contributed by atoms with Crippen LogP contribution in [0.3, 0.4) is 0 Å². The number of aliphatic imine (C=N–C) groups is 2. The molecule has 0 aliphatic heterocycles. The van der Waals surface area contributed by atoms with E-state index in [9.17, 15) is 4.91 Å². The van der Waals surface area contributed by atoms with Crippen LogP contribution in [0.5, 0.6) is 0 Å². The lowest BCUT2D eigenvalue weighted by Crippen LogP contribution is -2.38. The average molecular weight is 588 g/mol. The van der Waals surface area contributed by atoms with Gasteiger partial charge in [0.1, 0.15) is 5.70 Å². The van der Waals surface area contributed by atoms with Gasteiger partial charge in [0, 0.05) is 45.9 Å². The van der Waals surface area contributed by atoms with Crippen molar-refractivity contribution >= 4 is 12.2 Å². The zero-order chi connectivity index (χ0) is 31.8. The Kier molecular flexibility index (Phi) is 22.6. The van der Waals surface area contributed by atoms with E-state index in [1.165, 1.54) is 12.2 Å². The Labute approximate surface area is 253 Å². The number of nitrogens with one attached hydrogen (secondary N) is 1. The second kappa shape index (κ2) is 24.4. The minimum absolute atomic E-state index is 0.0976. The Bertz CT molecular complexity index is 1030. The number of methoxy groups -OCH3 is 1. The predicted molar refractivity (Wildman–Crippen MR) is 176 cm³/mol. The smallest absolute Gasteiger partial charge is 0.292 e. The van der Waals surface area contributed by atoms with Crippen LogP contribution < -0.4 is 5.32 Å². The number of aliphatic hydroxyl groups is 1. The number of hydrogen-bond donors (Lipinski definition) is 2. The van der Waals surface area contributed by atoms with E-state index >= 15 is 4.39 Å². The number of nitroso groups, excluding NO2 is 1. The van der Waals surface area contributed by atoms with E-state index in [1.54, 1.807) is 33.4 Å². The van der Waals surface area contributed by atoms with Crippen LogP contribution in [-0.4, -0.2) is 69.7 Å². The van der Waals surface area contributed by atoms with E-state index in [0.29, 0.717) is 43.0 Å². The highest BCUT2D eigenvalue weighted by Crippen LogP contribution is 2.26. The van der Waals surface area contributed by atoms with Crippen molar-refractivity contribution in [2.45, 2.75) is 79.1 Å². The van der Waals surface area contributed by atoms with Gasteiger partial charge >= 0.3 is 0 Å². The standard InChI is InChI=1S/C33H54FN5O3/c1-9-12-20-39(21-19-35-6)33(42-8)37-32(29(11-3)25-36-7)27(5)23-28(24-30(38-41)15-10-2)17-18-31(34)26(4)16-13-14-22-40/h10,15,23-25,35,40H,2,9,11-14,16-22H2,1,3-8H3/b27-23-,28-24-,30-15+,31-26-,32-29-,36-25-,37-33+. The minimum Gasteiger partial charge on any atom is -0.468 e. The molecule has 0 aromatic rings. The van der Waals surface area contributed by atoms with Gasteiger partial charge in [-0.25, -0.2) is 4.39 Å². The van der Waals surface area contributed by atoms with E-state index in [1.807, 2.05) is 27.0 Å². The van der Waals surface area contributed by atoms with Crippen molar-refractivity contribution in [1.82, 2.24) is 10.2 Å². The fourth-order valence-electron chi connectivity index (χ4n) is 4.18. The molecule has 0 saturated carbocycles. The molecular weight excluding hydrogens is 533 g/mol. The quantitative estimate of drug-likeness (QED) is 0.0474. The van der Waals surface area contributed by atoms with Gasteiger partial charge < -0.3 is 20.1 Å². The molecule has 9 heteroatoms. The summed E-state index contributed by atoms with van der Waals surface area (Å²) in [7, 11) is 5.26. The van der Waals surface area contributed by atoms with Crippen LogP contribution in [0.25, 0.3) is 0 Å². The van der Waals surface area contributed by atoms with Crippen molar-refractivity contribution in [1.29, 1.82) is 0 Å². The van der Waals surface area contributed by atoms with Crippen molar-refractivity contribution in [3.05, 3.63) is 75.3 Å². The Morgan fingerprint density at radius 3 is 2.38 bits per heavy atom. The number of aliphatic hydroxyl groups excluding tert-OH is 1. The third kappa shape index (κ3) is 15.7. The van der Waals surface area contributed by atoms with E-state index in [4.69, 9.17) is 14.8 Å². The van der Waals surface area contributed by atoms with Crippen molar-refractivity contribution in [3.8, 4) is 0 Å². The van der Waals surface area contributed by atoms with Crippen LogP contribution in [0.4, 0.5) is 4.39 Å². The maximum Gasteiger partial charge on any atom is 0.292 e. The van der Waals surface area contributed by atoms with Crippen LogP contribution >= 0.6 is 0 Å². The minimum atomic E-state index is -0.183. The molecule has 0 fully saturated rings. The number of ether oxygens (including phenoxy) is 1. The molecule has 42 heavy (non-hydrogen) atoms. The van der Waals surface area contributed by atoms with Crippen LogP contribution in [0.1, 0.15) is 79.1 Å². The molecule has 0 aromatic heterocycles. The molecule has 0 aliphatic carbocycles. The summed E-state index contributed by atoms with van der Waals surface area (Å²) in [6.45, 7) is 14.0. The molecule has 0 rings (SSSR count). The van der Waals surface area contributed by atoms with Crippen molar-refractivity contribution < 1.29 is 14.2 Å². The van der Waals surface area contributed by atoms with Crippen LogP contribution in [0.2, 0.25) is 0 Å². The van der Waals surface area contributed by atoms with Crippen LogP contribution in [-0.2, 0) is 4.74 Å². The number of likely N-dealkylation sites (N-methyl/N-ethyl adjacent to an activating group) is 1. The number of allylic oxidation sites excluding steroid dienone is 9. The molecule has 0 radical (unpaired) electrons. The lowest BCUT2D eigenvalue weighted by molar-refractivity contribution is 0.278. The largest absolute Gasteiger partial charge is 0.468 e. The number of rotatable bonds is 21. The van der Waals surface area contributed by atoms with Gasteiger partial charge in [-0.3, -0.25) is 4.99 Å². The van der Waals surface area contributed by atoms with Crippen LogP contribution in [0, 0.1) is 4.91 Å². The Morgan fingerprint density at radius 1 is 1.10 bits per heavy atom. The fraction of sp³-hybridized carbons (Fsp3) is 0.576.